The van der Waals surface area contributed by atoms with Crippen LogP contribution in [0.5, 0.6) is 0 Å². The number of hydrogen-bond donors (Lipinski definition) is 2. The van der Waals surface area contributed by atoms with Gasteiger partial charge in [0.25, 0.3) is 0 Å². The summed E-state index contributed by atoms with van der Waals surface area (Å²) in [5.41, 5.74) is 2.16. The predicted octanol–water partition coefficient (Wildman–Crippen LogP) is 3.54. The Kier molecular flexibility index (Phi) is 5.67. The van der Waals surface area contributed by atoms with Crippen molar-refractivity contribution in [2.75, 3.05) is 31.2 Å². The maximum atomic E-state index is 13.3. The number of aromatic nitrogens is 2. The van der Waals surface area contributed by atoms with E-state index in [1.807, 2.05) is 10.6 Å². The van der Waals surface area contributed by atoms with Crippen molar-refractivity contribution < 1.29 is 28.1 Å². The first kappa shape index (κ1) is 21.6. The predicted molar refractivity (Wildman–Crippen MR) is 110 cm³/mol. The molecule has 2 N–H and O–H groups in total. The van der Waals surface area contributed by atoms with E-state index in [0.29, 0.717) is 48.7 Å². The van der Waals surface area contributed by atoms with E-state index in [1.54, 1.807) is 19.1 Å². The largest absolute Gasteiger partial charge is 0.416 e. The van der Waals surface area contributed by atoms with Gasteiger partial charge < -0.3 is 24.4 Å². The first-order valence-electron chi connectivity index (χ1n) is 10.0. The fraction of sp³-hybridized carbons (Fsp3) is 0.409. The zero-order valence-corrected chi connectivity index (χ0v) is 17.3. The van der Waals surface area contributed by atoms with E-state index in [0.717, 1.165) is 11.8 Å². The highest BCUT2D eigenvalue weighted by atomic mass is 19.4. The number of imidazole rings is 1. The molecule has 4 rings (SSSR count). The lowest BCUT2D eigenvalue weighted by Crippen LogP contribution is -2.36. The average molecular weight is 435 g/mol. The molecule has 0 unspecified atom stereocenters. The second kappa shape index (κ2) is 8.14. The van der Waals surface area contributed by atoms with Crippen molar-refractivity contribution in [1.82, 2.24) is 9.55 Å². The van der Waals surface area contributed by atoms with Crippen molar-refractivity contribution in [2.45, 2.75) is 32.9 Å². The molecule has 0 spiro atoms. The molecule has 1 aliphatic rings. The van der Waals surface area contributed by atoms with Crippen LogP contribution in [-0.2, 0) is 17.5 Å². The number of fused-ring (bicyclic) bond motifs is 1. The summed E-state index contributed by atoms with van der Waals surface area (Å²) in [5, 5.41) is 19.9. The number of aryl methyl sites for hydroxylation is 1. The lowest BCUT2D eigenvalue weighted by Gasteiger charge is -2.29. The van der Waals surface area contributed by atoms with Gasteiger partial charge in [-0.2, -0.15) is 13.2 Å². The van der Waals surface area contributed by atoms with Gasteiger partial charge in [0.05, 0.1) is 29.8 Å². The SMILES string of the molecule is Cc1c(Cn2c(C)nc3c(C(O)O)cc(N4CCOCC4)cc32)cccc1C(F)(F)F. The summed E-state index contributed by atoms with van der Waals surface area (Å²) >= 11 is 0. The minimum absolute atomic E-state index is 0.169. The minimum Gasteiger partial charge on any atom is -0.378 e. The van der Waals surface area contributed by atoms with Gasteiger partial charge in [-0.05, 0) is 43.2 Å². The van der Waals surface area contributed by atoms with Gasteiger partial charge >= 0.3 is 6.18 Å². The van der Waals surface area contributed by atoms with Gasteiger partial charge in [0.1, 0.15) is 5.82 Å². The van der Waals surface area contributed by atoms with E-state index >= 15 is 0 Å². The van der Waals surface area contributed by atoms with Crippen LogP contribution in [0.25, 0.3) is 11.0 Å². The Labute approximate surface area is 177 Å². The van der Waals surface area contributed by atoms with Gasteiger partial charge in [-0.1, -0.05) is 12.1 Å². The number of rotatable bonds is 4. The second-order valence-corrected chi connectivity index (χ2v) is 7.71. The maximum absolute atomic E-state index is 13.3. The number of halogens is 3. The number of aliphatic hydroxyl groups excluding tert-OH is 1. The lowest BCUT2D eigenvalue weighted by atomic mass is 10.0. The summed E-state index contributed by atoms with van der Waals surface area (Å²) in [6, 6.07) is 7.75. The lowest BCUT2D eigenvalue weighted by molar-refractivity contribution is -0.138. The molecule has 1 saturated heterocycles. The molecule has 0 radical (unpaired) electrons. The third-order valence-corrected chi connectivity index (χ3v) is 5.79. The summed E-state index contributed by atoms with van der Waals surface area (Å²) in [7, 11) is 0. The molecule has 0 atom stereocenters. The Bertz CT molecular complexity index is 1100. The highest BCUT2D eigenvalue weighted by molar-refractivity contribution is 5.84. The molecule has 31 heavy (non-hydrogen) atoms. The van der Waals surface area contributed by atoms with Crippen molar-refractivity contribution in [2.24, 2.45) is 0 Å². The Morgan fingerprint density at radius 2 is 1.84 bits per heavy atom. The summed E-state index contributed by atoms with van der Waals surface area (Å²) in [6.45, 7) is 5.86. The molecular formula is C22H24F3N3O3. The smallest absolute Gasteiger partial charge is 0.378 e. The van der Waals surface area contributed by atoms with E-state index in [4.69, 9.17) is 4.74 Å². The number of hydrogen-bond acceptors (Lipinski definition) is 5. The standard InChI is InChI=1S/C22H24F3N3O3/c1-13-15(4-3-5-18(13)22(23,24)25)12-28-14(2)26-20-17(21(29)30)10-16(11-19(20)28)27-6-8-31-9-7-27/h3-5,10-11,21,29-30H,6-9,12H2,1-2H3. The average Bonchev–Trinajstić information content (AvgIpc) is 3.03. The molecule has 1 aromatic heterocycles. The molecule has 0 bridgehead atoms. The quantitative estimate of drug-likeness (QED) is 0.614. The van der Waals surface area contributed by atoms with Gasteiger partial charge in [0, 0.05) is 30.9 Å². The molecule has 2 heterocycles. The maximum Gasteiger partial charge on any atom is 0.416 e. The topological polar surface area (TPSA) is 70.8 Å². The minimum atomic E-state index is -4.43. The first-order valence-corrected chi connectivity index (χ1v) is 10.0. The van der Waals surface area contributed by atoms with Crippen LogP contribution in [0.4, 0.5) is 18.9 Å². The molecular weight excluding hydrogens is 411 g/mol. The van der Waals surface area contributed by atoms with Gasteiger partial charge in [-0.15, -0.1) is 0 Å². The van der Waals surface area contributed by atoms with E-state index in [1.165, 1.54) is 13.0 Å². The number of benzene rings is 2. The fourth-order valence-corrected chi connectivity index (χ4v) is 4.08. The normalized spacial score (nSPS) is 15.3. The van der Waals surface area contributed by atoms with Crippen LogP contribution in [0.3, 0.4) is 0 Å². The Morgan fingerprint density at radius 3 is 2.48 bits per heavy atom. The van der Waals surface area contributed by atoms with Crippen molar-refractivity contribution in [1.29, 1.82) is 0 Å². The zero-order valence-electron chi connectivity index (χ0n) is 17.3. The molecule has 6 nitrogen and oxygen atoms in total. The van der Waals surface area contributed by atoms with E-state index in [9.17, 15) is 23.4 Å². The molecule has 1 fully saturated rings. The van der Waals surface area contributed by atoms with E-state index < -0.39 is 18.0 Å². The first-order chi connectivity index (χ1) is 14.7. The molecule has 2 aromatic carbocycles. The molecule has 0 amide bonds. The van der Waals surface area contributed by atoms with Crippen molar-refractivity contribution in [3.05, 3.63) is 58.4 Å². The van der Waals surface area contributed by atoms with Crippen LogP contribution in [0.15, 0.2) is 30.3 Å². The van der Waals surface area contributed by atoms with Crippen LogP contribution < -0.4 is 4.90 Å². The summed E-state index contributed by atoms with van der Waals surface area (Å²) in [5.74, 6) is 0.577. The molecule has 1 aliphatic heterocycles. The number of nitrogens with zero attached hydrogens (tertiary/aromatic N) is 3. The van der Waals surface area contributed by atoms with Gasteiger partial charge in [-0.25, -0.2) is 4.98 Å². The number of aliphatic hydroxyl groups is 2. The number of anilines is 1. The third-order valence-electron chi connectivity index (χ3n) is 5.79. The van der Waals surface area contributed by atoms with Crippen LogP contribution in [0.1, 0.15) is 34.4 Å². The second-order valence-electron chi connectivity index (χ2n) is 7.71. The van der Waals surface area contributed by atoms with Crippen molar-refractivity contribution in [3.63, 3.8) is 0 Å². The van der Waals surface area contributed by atoms with Gasteiger partial charge in [0.15, 0.2) is 6.29 Å². The molecule has 166 valence electrons. The van der Waals surface area contributed by atoms with Crippen LogP contribution in [0.2, 0.25) is 0 Å². The number of morpholine rings is 1. The van der Waals surface area contributed by atoms with Crippen LogP contribution in [-0.4, -0.2) is 46.1 Å². The van der Waals surface area contributed by atoms with Crippen LogP contribution >= 0.6 is 0 Å². The number of ether oxygens (including phenoxy) is 1. The molecule has 3 aromatic rings. The van der Waals surface area contributed by atoms with Crippen LogP contribution in [0, 0.1) is 13.8 Å². The molecule has 0 saturated carbocycles. The Morgan fingerprint density at radius 1 is 1.13 bits per heavy atom. The van der Waals surface area contributed by atoms with E-state index in [-0.39, 0.29) is 17.7 Å². The highest BCUT2D eigenvalue weighted by Crippen LogP contribution is 2.35. The highest BCUT2D eigenvalue weighted by Gasteiger charge is 2.33. The van der Waals surface area contributed by atoms with Crippen molar-refractivity contribution >= 4 is 16.7 Å². The monoisotopic (exact) mass is 435 g/mol. The van der Waals surface area contributed by atoms with Gasteiger partial charge in [-0.3, -0.25) is 0 Å². The summed E-state index contributed by atoms with van der Waals surface area (Å²) < 4.78 is 47.3. The summed E-state index contributed by atoms with van der Waals surface area (Å²) in [6.07, 6.45) is -6.15. The van der Waals surface area contributed by atoms with Crippen molar-refractivity contribution in [3.8, 4) is 0 Å². The fourth-order valence-electron chi connectivity index (χ4n) is 4.08. The third kappa shape index (κ3) is 4.13. The Balaban J connectivity index is 1.83. The molecule has 0 aliphatic carbocycles. The zero-order chi connectivity index (χ0) is 22.3. The van der Waals surface area contributed by atoms with Gasteiger partial charge in [0.2, 0.25) is 0 Å². The van der Waals surface area contributed by atoms with E-state index in [2.05, 4.69) is 9.88 Å². The molecule has 9 heteroatoms. The number of alkyl halides is 3. The Hall–Kier alpha value is -2.62. The summed E-state index contributed by atoms with van der Waals surface area (Å²) in [4.78, 5) is 6.58.